The van der Waals surface area contributed by atoms with Gasteiger partial charge in [0, 0.05) is 54.9 Å². The van der Waals surface area contributed by atoms with Crippen molar-refractivity contribution in [1.82, 2.24) is 19.9 Å². The number of fused-ring (bicyclic) bond motifs is 1. The molecule has 3 aromatic heterocycles. The van der Waals surface area contributed by atoms with E-state index < -0.39 is 23.0 Å². The number of aliphatic carboxylic acids is 1. The number of urea groups is 1. The smallest absolute Gasteiger partial charge is 0.321 e. The van der Waals surface area contributed by atoms with E-state index in [0.29, 0.717) is 60.3 Å². The molecular formula is C29H33N7O4S. The largest absolute Gasteiger partial charge is 0.481 e. The third kappa shape index (κ3) is 5.57. The molecule has 11 nitrogen and oxygen atoms in total. The number of thiazole rings is 1. The molecule has 0 saturated carbocycles. The van der Waals surface area contributed by atoms with Crippen molar-refractivity contribution in [2.75, 3.05) is 29.4 Å². The summed E-state index contributed by atoms with van der Waals surface area (Å²) in [7, 11) is 0. The van der Waals surface area contributed by atoms with E-state index in [2.05, 4.69) is 15.0 Å². The van der Waals surface area contributed by atoms with Gasteiger partial charge in [-0.1, -0.05) is 17.4 Å². The summed E-state index contributed by atoms with van der Waals surface area (Å²) < 4.78 is 0.847. The third-order valence-corrected chi connectivity index (χ3v) is 8.80. The molecule has 1 saturated heterocycles. The fraction of sp³-hybridized carbons (Fsp3) is 0.379. The highest BCUT2D eigenvalue weighted by Gasteiger charge is 2.37. The Bertz CT molecular complexity index is 1590. The number of carbonyl (C=O) groups excluding carboxylic acids is 1. The Labute approximate surface area is 241 Å². The Hall–Kier alpha value is -4.16. The van der Waals surface area contributed by atoms with E-state index in [1.165, 1.54) is 16.2 Å². The molecule has 4 aromatic rings. The van der Waals surface area contributed by atoms with Crippen LogP contribution in [0, 0.1) is 5.41 Å². The summed E-state index contributed by atoms with van der Waals surface area (Å²) >= 11 is 1.36. The number of aliphatic hydroxyl groups is 1. The molecule has 12 heteroatoms. The molecule has 0 unspecified atom stereocenters. The molecular weight excluding hydrogens is 542 g/mol. The van der Waals surface area contributed by atoms with Crippen LogP contribution < -0.4 is 15.5 Å². The molecule has 1 fully saturated rings. The zero-order chi connectivity index (χ0) is 29.5. The summed E-state index contributed by atoms with van der Waals surface area (Å²) in [5.41, 5.74) is 8.32. The van der Waals surface area contributed by atoms with Crippen LogP contribution in [0.4, 0.5) is 15.9 Å². The standard InChI is InChI=1S/C29H33N7O4S/c1-5-36(25(30)39)27-34-22-13-17(12-20(23(22)41-27)21-7-6-19(16-31-21)28(2,3)40)18-14-32-26(33-15-18)35-10-8-29(4,9-11-35)24(37)38/h6-7,12-16,40H,5,8-11H2,1-4H3,(H2,30,39)(H,37,38). The molecule has 0 atom stereocenters. The number of carbonyl (C=O) groups is 2. The highest BCUT2D eigenvalue weighted by molar-refractivity contribution is 7.23. The van der Waals surface area contributed by atoms with Crippen molar-refractivity contribution in [3.8, 4) is 22.4 Å². The molecule has 1 aliphatic rings. The lowest BCUT2D eigenvalue weighted by molar-refractivity contribution is -0.149. The summed E-state index contributed by atoms with van der Waals surface area (Å²) in [6.07, 6.45) is 6.21. The Morgan fingerprint density at radius 3 is 2.32 bits per heavy atom. The second-order valence-corrected chi connectivity index (χ2v) is 12.0. The fourth-order valence-corrected chi connectivity index (χ4v) is 5.98. The minimum atomic E-state index is -1.02. The molecule has 1 aliphatic heterocycles. The van der Waals surface area contributed by atoms with Gasteiger partial charge in [-0.05, 0) is 64.3 Å². The van der Waals surface area contributed by atoms with Crippen LogP contribution in [0.25, 0.3) is 32.6 Å². The molecule has 0 radical (unpaired) electrons. The number of pyridine rings is 1. The third-order valence-electron chi connectivity index (χ3n) is 7.68. The maximum Gasteiger partial charge on any atom is 0.321 e. The number of carboxylic acids is 1. The van der Waals surface area contributed by atoms with E-state index in [-0.39, 0.29) is 0 Å². The predicted octanol–water partition coefficient (Wildman–Crippen LogP) is 4.64. The van der Waals surface area contributed by atoms with Crippen LogP contribution in [0.1, 0.15) is 46.1 Å². The number of benzene rings is 1. The number of anilines is 2. The van der Waals surface area contributed by atoms with E-state index in [1.54, 1.807) is 39.4 Å². The Balaban J connectivity index is 1.53. The molecule has 1 aromatic carbocycles. The second-order valence-electron chi connectivity index (χ2n) is 11.1. The fourth-order valence-electron chi connectivity index (χ4n) is 4.84. The van der Waals surface area contributed by atoms with Gasteiger partial charge in [0.15, 0.2) is 5.13 Å². The average molecular weight is 576 g/mol. The predicted molar refractivity (Wildman–Crippen MR) is 159 cm³/mol. The first-order valence-corrected chi connectivity index (χ1v) is 14.2. The SMILES string of the molecule is CCN(C(N)=O)c1nc2cc(-c3cnc(N4CCC(C)(C(=O)O)CC4)nc3)cc(-c3ccc(C(C)(C)O)cn3)c2s1. The number of primary amides is 1. The summed E-state index contributed by atoms with van der Waals surface area (Å²) in [5.74, 6) is -0.214. The number of hydrogen-bond acceptors (Lipinski definition) is 9. The van der Waals surface area contributed by atoms with Gasteiger partial charge in [0.1, 0.15) is 0 Å². The van der Waals surface area contributed by atoms with Crippen LogP contribution in [0.3, 0.4) is 0 Å². The Kier molecular flexibility index (Phi) is 7.39. The summed E-state index contributed by atoms with van der Waals surface area (Å²) in [6.45, 7) is 8.56. The molecule has 5 rings (SSSR count). The molecule has 2 amide bonds. The zero-order valence-corrected chi connectivity index (χ0v) is 24.3. The molecule has 0 bridgehead atoms. The van der Waals surface area contributed by atoms with Crippen molar-refractivity contribution >= 4 is 44.6 Å². The lowest BCUT2D eigenvalue weighted by atomic mass is 9.80. The number of aromatic nitrogens is 4. The van der Waals surface area contributed by atoms with E-state index in [4.69, 9.17) is 10.7 Å². The summed E-state index contributed by atoms with van der Waals surface area (Å²) in [4.78, 5) is 45.6. The monoisotopic (exact) mass is 575 g/mol. The van der Waals surface area contributed by atoms with Gasteiger partial charge in [0.05, 0.1) is 26.9 Å². The highest BCUT2D eigenvalue weighted by Crippen LogP contribution is 2.40. The van der Waals surface area contributed by atoms with Gasteiger partial charge in [-0.25, -0.2) is 19.7 Å². The van der Waals surface area contributed by atoms with Gasteiger partial charge < -0.3 is 20.8 Å². The van der Waals surface area contributed by atoms with Crippen LogP contribution in [0.2, 0.25) is 0 Å². The summed E-state index contributed by atoms with van der Waals surface area (Å²) in [5, 5.41) is 20.4. The average Bonchev–Trinajstić information content (AvgIpc) is 3.36. The number of carboxylic acid groups (broad SMARTS) is 1. The summed E-state index contributed by atoms with van der Waals surface area (Å²) in [6, 6.07) is 7.05. The van der Waals surface area contributed by atoms with Crippen molar-refractivity contribution in [1.29, 1.82) is 0 Å². The number of amides is 2. The molecule has 0 spiro atoms. The zero-order valence-electron chi connectivity index (χ0n) is 23.5. The quantitative estimate of drug-likeness (QED) is 0.285. The van der Waals surface area contributed by atoms with Gasteiger partial charge in [-0.3, -0.25) is 14.7 Å². The minimum Gasteiger partial charge on any atom is -0.481 e. The highest BCUT2D eigenvalue weighted by atomic mass is 32.1. The van der Waals surface area contributed by atoms with Gasteiger partial charge >= 0.3 is 12.0 Å². The minimum absolute atomic E-state index is 0.382. The number of nitrogens with two attached hydrogens (primary N) is 1. The molecule has 4 heterocycles. The molecule has 214 valence electrons. The Morgan fingerprint density at radius 2 is 1.78 bits per heavy atom. The van der Waals surface area contributed by atoms with Crippen molar-refractivity contribution in [2.24, 2.45) is 11.1 Å². The van der Waals surface area contributed by atoms with Crippen molar-refractivity contribution in [2.45, 2.75) is 46.1 Å². The topological polar surface area (TPSA) is 159 Å². The molecule has 41 heavy (non-hydrogen) atoms. The van der Waals surface area contributed by atoms with Gasteiger partial charge in [-0.2, -0.15) is 0 Å². The van der Waals surface area contributed by atoms with Crippen LogP contribution in [0.15, 0.2) is 42.9 Å². The first kappa shape index (κ1) is 28.4. The van der Waals surface area contributed by atoms with Crippen molar-refractivity contribution in [3.63, 3.8) is 0 Å². The van der Waals surface area contributed by atoms with E-state index in [1.807, 2.05) is 36.1 Å². The van der Waals surface area contributed by atoms with E-state index >= 15 is 0 Å². The van der Waals surface area contributed by atoms with Gasteiger partial charge in [0.25, 0.3) is 0 Å². The van der Waals surface area contributed by atoms with Gasteiger partial charge in [0.2, 0.25) is 5.95 Å². The van der Waals surface area contributed by atoms with Crippen LogP contribution in [0.5, 0.6) is 0 Å². The Morgan fingerprint density at radius 1 is 1.10 bits per heavy atom. The number of rotatable bonds is 7. The number of hydrogen-bond donors (Lipinski definition) is 3. The molecule has 4 N–H and O–H groups in total. The first-order valence-electron chi connectivity index (χ1n) is 13.4. The second kappa shape index (κ2) is 10.7. The number of nitrogens with zero attached hydrogens (tertiary/aromatic N) is 6. The maximum absolute atomic E-state index is 12.0. The molecule has 0 aliphatic carbocycles. The van der Waals surface area contributed by atoms with Crippen molar-refractivity contribution < 1.29 is 19.8 Å². The van der Waals surface area contributed by atoms with Crippen LogP contribution >= 0.6 is 11.3 Å². The van der Waals surface area contributed by atoms with Gasteiger partial charge in [-0.15, -0.1) is 0 Å². The van der Waals surface area contributed by atoms with Crippen molar-refractivity contribution in [3.05, 3.63) is 48.4 Å². The normalized spacial score (nSPS) is 15.2. The lowest BCUT2D eigenvalue weighted by Gasteiger charge is -2.36. The van der Waals surface area contributed by atoms with Crippen LogP contribution in [-0.4, -0.2) is 61.8 Å². The maximum atomic E-state index is 12.0. The lowest BCUT2D eigenvalue weighted by Crippen LogP contribution is -2.43. The van der Waals surface area contributed by atoms with Crippen LogP contribution in [-0.2, 0) is 10.4 Å². The number of piperidine rings is 1. The first-order chi connectivity index (χ1) is 19.4. The van der Waals surface area contributed by atoms with E-state index in [0.717, 1.165) is 21.4 Å². The van der Waals surface area contributed by atoms with E-state index in [9.17, 15) is 19.8 Å².